The molecule has 0 unspecified atom stereocenters. The van der Waals surface area contributed by atoms with Crippen LogP contribution in [0.15, 0.2) is 0 Å². The summed E-state index contributed by atoms with van der Waals surface area (Å²) < 4.78 is 0. The summed E-state index contributed by atoms with van der Waals surface area (Å²) in [7, 11) is 0. The minimum Gasteiger partial charge on any atom is -0.351 e. The molecule has 1 aliphatic heterocycles. The molecule has 1 aromatic rings. The molecule has 0 saturated heterocycles. The van der Waals surface area contributed by atoms with Gasteiger partial charge in [-0.3, -0.25) is 9.59 Å². The van der Waals surface area contributed by atoms with Gasteiger partial charge in [0.05, 0.1) is 5.69 Å². The van der Waals surface area contributed by atoms with Crippen molar-refractivity contribution >= 4 is 28.3 Å². The monoisotopic (exact) mass is 267 g/mol. The Morgan fingerprint density at radius 1 is 1.56 bits per heavy atom. The maximum absolute atomic E-state index is 11.7. The topological polar surface area (TPSA) is 71.1 Å². The van der Waals surface area contributed by atoms with E-state index in [9.17, 15) is 9.59 Å². The molecule has 2 rings (SSSR count). The fourth-order valence-electron chi connectivity index (χ4n) is 1.81. The highest BCUT2D eigenvalue weighted by atomic mass is 32.1. The number of rotatable bonds is 4. The van der Waals surface area contributed by atoms with Crippen molar-refractivity contribution in [3.63, 3.8) is 0 Å². The van der Waals surface area contributed by atoms with Gasteiger partial charge in [-0.25, -0.2) is 4.98 Å². The van der Waals surface area contributed by atoms with Crippen LogP contribution in [-0.4, -0.2) is 23.3 Å². The number of hydrogen-bond donors (Lipinski definition) is 2. The van der Waals surface area contributed by atoms with E-state index in [4.69, 9.17) is 0 Å². The Bertz CT molecular complexity index is 456. The molecule has 0 aliphatic carbocycles. The van der Waals surface area contributed by atoms with Crippen molar-refractivity contribution in [1.82, 2.24) is 10.3 Å². The van der Waals surface area contributed by atoms with Crippen molar-refractivity contribution < 1.29 is 9.59 Å². The molecule has 0 bridgehead atoms. The Kier molecular flexibility index (Phi) is 4.30. The van der Waals surface area contributed by atoms with Gasteiger partial charge in [0.25, 0.3) is 5.91 Å². The average Bonchev–Trinajstić information content (AvgIpc) is 2.67. The molecule has 98 valence electrons. The number of carbonyl (C=O) groups excluding carboxylic acids is 2. The normalized spacial score (nSPS) is 14.6. The van der Waals surface area contributed by atoms with Gasteiger partial charge in [-0.2, -0.15) is 0 Å². The highest BCUT2D eigenvalue weighted by Gasteiger charge is 2.20. The second-order valence-corrected chi connectivity index (χ2v) is 5.31. The van der Waals surface area contributed by atoms with Crippen LogP contribution in [-0.2, 0) is 11.2 Å². The van der Waals surface area contributed by atoms with E-state index in [1.54, 1.807) is 0 Å². The van der Waals surface area contributed by atoms with E-state index in [0.29, 0.717) is 23.0 Å². The van der Waals surface area contributed by atoms with Gasteiger partial charge in [0.15, 0.2) is 5.13 Å². The Morgan fingerprint density at radius 2 is 2.39 bits per heavy atom. The fraction of sp³-hybridized carbons (Fsp3) is 0.583. The number of anilines is 1. The molecular weight excluding hydrogens is 250 g/mol. The molecule has 5 nitrogen and oxygen atoms in total. The van der Waals surface area contributed by atoms with E-state index >= 15 is 0 Å². The van der Waals surface area contributed by atoms with Gasteiger partial charge in [0, 0.05) is 13.0 Å². The third-order valence-electron chi connectivity index (χ3n) is 2.78. The highest BCUT2D eigenvalue weighted by Crippen LogP contribution is 2.25. The molecule has 0 aromatic carbocycles. The lowest BCUT2D eigenvalue weighted by atomic mass is 10.2. The lowest BCUT2D eigenvalue weighted by Gasteiger charge is -2.00. The number of hydrogen-bond acceptors (Lipinski definition) is 4. The third-order valence-corrected chi connectivity index (χ3v) is 3.80. The van der Waals surface area contributed by atoms with Crippen molar-refractivity contribution in [2.24, 2.45) is 0 Å². The van der Waals surface area contributed by atoms with Crippen molar-refractivity contribution in [3.05, 3.63) is 10.6 Å². The largest absolute Gasteiger partial charge is 0.351 e. The predicted octanol–water partition coefficient (Wildman–Crippen LogP) is 1.95. The summed E-state index contributed by atoms with van der Waals surface area (Å²) in [4.78, 5) is 28.3. The number of aromatic nitrogens is 1. The van der Waals surface area contributed by atoms with Gasteiger partial charge in [-0.1, -0.05) is 24.7 Å². The van der Waals surface area contributed by atoms with Crippen molar-refractivity contribution in [1.29, 1.82) is 0 Å². The average molecular weight is 267 g/mol. The molecule has 2 N–H and O–H groups in total. The fourth-order valence-corrected chi connectivity index (χ4v) is 2.75. The molecule has 0 fully saturated rings. The molecule has 0 spiro atoms. The zero-order chi connectivity index (χ0) is 13.0. The number of carbonyl (C=O) groups is 2. The smallest absolute Gasteiger partial charge is 0.263 e. The van der Waals surface area contributed by atoms with Crippen LogP contribution in [0.5, 0.6) is 0 Å². The molecule has 1 aromatic heterocycles. The van der Waals surface area contributed by atoms with Crippen LogP contribution in [0.1, 0.15) is 48.0 Å². The van der Waals surface area contributed by atoms with Crippen LogP contribution in [0, 0.1) is 0 Å². The highest BCUT2D eigenvalue weighted by molar-refractivity contribution is 7.17. The lowest BCUT2D eigenvalue weighted by molar-refractivity contribution is -0.116. The van der Waals surface area contributed by atoms with Crippen LogP contribution in [0.2, 0.25) is 0 Å². The molecule has 1 aliphatic rings. The first-order valence-corrected chi connectivity index (χ1v) is 7.10. The molecule has 18 heavy (non-hydrogen) atoms. The van der Waals surface area contributed by atoms with E-state index in [1.165, 1.54) is 11.3 Å². The van der Waals surface area contributed by atoms with E-state index in [2.05, 4.69) is 15.6 Å². The molecule has 0 saturated carbocycles. The van der Waals surface area contributed by atoms with E-state index < -0.39 is 0 Å². The van der Waals surface area contributed by atoms with Crippen molar-refractivity contribution in [3.8, 4) is 0 Å². The number of amides is 2. The summed E-state index contributed by atoms with van der Waals surface area (Å²) in [5.74, 6) is -0.102. The lowest BCUT2D eigenvalue weighted by Crippen LogP contribution is -2.21. The summed E-state index contributed by atoms with van der Waals surface area (Å²) >= 11 is 1.26. The predicted molar refractivity (Wildman–Crippen MR) is 70.9 cm³/mol. The van der Waals surface area contributed by atoms with Gasteiger partial charge in [-0.15, -0.1) is 0 Å². The first-order valence-electron chi connectivity index (χ1n) is 6.28. The van der Waals surface area contributed by atoms with Gasteiger partial charge in [0.1, 0.15) is 4.88 Å². The minimum atomic E-state index is -0.0749. The molecule has 2 heterocycles. The minimum absolute atomic E-state index is 0.0267. The van der Waals surface area contributed by atoms with Crippen LogP contribution in [0.3, 0.4) is 0 Å². The second-order valence-electron chi connectivity index (χ2n) is 4.31. The number of aryl methyl sites for hydroxylation is 1. The van der Waals surface area contributed by atoms with Crippen LogP contribution in [0.4, 0.5) is 5.13 Å². The Labute approximate surface area is 110 Å². The molecule has 0 radical (unpaired) electrons. The maximum Gasteiger partial charge on any atom is 0.263 e. The summed E-state index contributed by atoms with van der Waals surface area (Å²) in [5, 5.41) is 6.12. The number of fused-ring (bicyclic) bond motifs is 1. The first-order chi connectivity index (χ1) is 8.70. The molecule has 2 amide bonds. The number of nitrogens with one attached hydrogen (secondary N) is 2. The summed E-state index contributed by atoms with van der Waals surface area (Å²) in [6.07, 6.45) is 4.05. The van der Waals surface area contributed by atoms with Gasteiger partial charge in [-0.05, 0) is 19.3 Å². The van der Waals surface area contributed by atoms with E-state index in [-0.39, 0.29) is 11.8 Å². The number of thiazole rings is 1. The van der Waals surface area contributed by atoms with Crippen molar-refractivity contribution in [2.75, 3.05) is 11.9 Å². The number of unbranched alkanes of at least 4 members (excludes halogenated alkanes) is 1. The zero-order valence-electron chi connectivity index (χ0n) is 10.4. The molecular formula is C12H17N3O2S. The van der Waals surface area contributed by atoms with Gasteiger partial charge >= 0.3 is 0 Å². The van der Waals surface area contributed by atoms with E-state index in [1.807, 2.05) is 6.92 Å². The van der Waals surface area contributed by atoms with Crippen LogP contribution >= 0.6 is 11.3 Å². The Balaban J connectivity index is 2.05. The van der Waals surface area contributed by atoms with Gasteiger partial charge in [0.2, 0.25) is 5.91 Å². The van der Waals surface area contributed by atoms with Crippen LogP contribution in [0.25, 0.3) is 0 Å². The standard InChI is InChI=1S/C12H17N3O2S/c1-2-3-6-9(16)15-12-14-8-5-4-7-13-11(17)10(8)18-12/h2-7H2,1H3,(H,13,17)(H,14,15,16). The van der Waals surface area contributed by atoms with Crippen molar-refractivity contribution in [2.45, 2.75) is 39.0 Å². The van der Waals surface area contributed by atoms with E-state index in [0.717, 1.165) is 31.4 Å². The zero-order valence-corrected chi connectivity index (χ0v) is 11.2. The SMILES string of the molecule is CCCCC(=O)Nc1nc2c(s1)C(=O)NCCC2. The Hall–Kier alpha value is -1.43. The molecule has 6 heteroatoms. The first kappa shape index (κ1) is 13.0. The van der Waals surface area contributed by atoms with Crippen LogP contribution < -0.4 is 10.6 Å². The third kappa shape index (κ3) is 3.07. The van der Waals surface area contributed by atoms with Gasteiger partial charge < -0.3 is 10.6 Å². The second kappa shape index (κ2) is 5.95. The number of nitrogens with zero attached hydrogens (tertiary/aromatic N) is 1. The molecule has 0 atom stereocenters. The maximum atomic E-state index is 11.7. The quantitative estimate of drug-likeness (QED) is 0.876. The summed E-state index contributed by atoms with van der Waals surface area (Å²) in [5.41, 5.74) is 0.806. The Morgan fingerprint density at radius 3 is 3.17 bits per heavy atom. The summed E-state index contributed by atoms with van der Waals surface area (Å²) in [6, 6.07) is 0. The summed E-state index contributed by atoms with van der Waals surface area (Å²) in [6.45, 7) is 2.74.